The first kappa shape index (κ1) is 19.9. The lowest BCUT2D eigenvalue weighted by molar-refractivity contribution is 0.0833. The fourth-order valence-corrected chi connectivity index (χ4v) is 2.93. The summed E-state index contributed by atoms with van der Waals surface area (Å²) in [5, 5.41) is 3.02. The number of nitrogens with zero attached hydrogens (tertiary/aromatic N) is 1. The Kier molecular flexibility index (Phi) is 7.56. The normalized spacial score (nSPS) is 14.7. The van der Waals surface area contributed by atoms with Crippen LogP contribution in [-0.4, -0.2) is 56.9 Å². The molecule has 1 N–H and O–H groups in total. The van der Waals surface area contributed by atoms with Crippen LogP contribution >= 0.6 is 0 Å². The van der Waals surface area contributed by atoms with Crippen molar-refractivity contribution in [1.29, 1.82) is 0 Å². The van der Waals surface area contributed by atoms with Gasteiger partial charge in [-0.15, -0.1) is 0 Å². The summed E-state index contributed by atoms with van der Waals surface area (Å²) in [5.74, 6) is 0.709. The average Bonchev–Trinajstić information content (AvgIpc) is 2.67. The van der Waals surface area contributed by atoms with Crippen LogP contribution in [0.1, 0.15) is 43.0 Å². The van der Waals surface area contributed by atoms with E-state index in [-0.39, 0.29) is 18.0 Å². The van der Waals surface area contributed by atoms with E-state index in [1.807, 2.05) is 0 Å². The van der Waals surface area contributed by atoms with Crippen LogP contribution in [0, 0.1) is 0 Å². The Morgan fingerprint density at radius 1 is 1.15 bits per heavy atom. The first-order valence-corrected chi connectivity index (χ1v) is 9.04. The highest BCUT2D eigenvalue weighted by Crippen LogP contribution is 2.28. The Bertz CT molecular complexity index is 590. The maximum atomic E-state index is 12.7. The van der Waals surface area contributed by atoms with E-state index < -0.39 is 0 Å². The average molecular weight is 364 g/mol. The maximum Gasteiger partial charge on any atom is 0.409 e. The van der Waals surface area contributed by atoms with Gasteiger partial charge in [-0.25, -0.2) is 4.79 Å². The van der Waals surface area contributed by atoms with Crippen molar-refractivity contribution in [1.82, 2.24) is 10.2 Å². The van der Waals surface area contributed by atoms with Gasteiger partial charge in [0.25, 0.3) is 5.91 Å². The topological polar surface area (TPSA) is 77.1 Å². The number of methoxy groups -OCH3 is 2. The number of likely N-dealkylation sites (tertiary alicyclic amines) is 1. The molecule has 0 spiro atoms. The second-order valence-corrected chi connectivity index (χ2v) is 6.24. The van der Waals surface area contributed by atoms with Gasteiger partial charge in [0, 0.05) is 19.1 Å². The molecule has 0 unspecified atom stereocenters. The summed E-state index contributed by atoms with van der Waals surface area (Å²) in [5.41, 5.74) is 0.388. The molecule has 0 aromatic heterocycles. The van der Waals surface area contributed by atoms with Crippen LogP contribution in [0.5, 0.6) is 11.5 Å². The Labute approximate surface area is 154 Å². The Morgan fingerprint density at radius 3 is 2.31 bits per heavy atom. The number of carbonyl (C=O) groups is 2. The molecule has 1 aliphatic rings. The van der Waals surface area contributed by atoms with Gasteiger partial charge in [-0.05, 0) is 31.4 Å². The molecule has 0 radical (unpaired) electrons. The molecule has 1 heterocycles. The quantitative estimate of drug-likeness (QED) is 0.753. The Balaban J connectivity index is 1.90. The van der Waals surface area contributed by atoms with Crippen molar-refractivity contribution < 1.29 is 23.8 Å². The molecule has 1 fully saturated rings. The molecule has 0 atom stereocenters. The minimum absolute atomic E-state index is 0.00295. The van der Waals surface area contributed by atoms with Crippen molar-refractivity contribution in [3.05, 3.63) is 23.8 Å². The lowest BCUT2D eigenvalue weighted by Gasteiger charge is -2.31. The molecule has 0 aliphatic carbocycles. The molecule has 7 nitrogen and oxygen atoms in total. The summed E-state index contributed by atoms with van der Waals surface area (Å²) in [4.78, 5) is 26.4. The third-order valence-corrected chi connectivity index (χ3v) is 4.47. The van der Waals surface area contributed by atoms with Crippen LogP contribution in [0.3, 0.4) is 0 Å². The van der Waals surface area contributed by atoms with Gasteiger partial charge in [0.15, 0.2) is 0 Å². The molecule has 2 amide bonds. The monoisotopic (exact) mass is 364 g/mol. The predicted octanol–water partition coefficient (Wildman–Crippen LogP) is 2.83. The molecule has 144 valence electrons. The van der Waals surface area contributed by atoms with E-state index in [0.29, 0.717) is 49.6 Å². The lowest BCUT2D eigenvalue weighted by Crippen LogP contribution is -2.46. The van der Waals surface area contributed by atoms with Crippen LogP contribution in [0.4, 0.5) is 4.79 Å². The second kappa shape index (κ2) is 9.89. The van der Waals surface area contributed by atoms with E-state index >= 15 is 0 Å². The van der Waals surface area contributed by atoms with Gasteiger partial charge in [-0.3, -0.25) is 4.79 Å². The maximum absolute atomic E-state index is 12.7. The molecule has 0 bridgehead atoms. The standard InChI is InChI=1S/C19H28N2O5/c1-4-5-13-26-19(23)21-11-9-14(10-12-21)20-18(22)17-15(24-2)7-6-8-16(17)25-3/h6-8,14H,4-5,9-13H2,1-3H3,(H,20,22). The summed E-state index contributed by atoms with van der Waals surface area (Å²) in [7, 11) is 3.04. The fourth-order valence-electron chi connectivity index (χ4n) is 2.93. The van der Waals surface area contributed by atoms with Crippen LogP contribution in [-0.2, 0) is 4.74 Å². The van der Waals surface area contributed by atoms with E-state index in [2.05, 4.69) is 12.2 Å². The van der Waals surface area contributed by atoms with Gasteiger partial charge in [-0.1, -0.05) is 19.4 Å². The highest BCUT2D eigenvalue weighted by molar-refractivity contribution is 5.99. The first-order chi connectivity index (χ1) is 12.6. The number of nitrogens with one attached hydrogen (secondary N) is 1. The predicted molar refractivity (Wildman–Crippen MR) is 97.9 cm³/mol. The van der Waals surface area contributed by atoms with Gasteiger partial charge in [0.05, 0.1) is 20.8 Å². The minimum atomic E-state index is -0.269. The Morgan fingerprint density at radius 2 is 1.77 bits per heavy atom. The largest absolute Gasteiger partial charge is 0.496 e. The molecule has 26 heavy (non-hydrogen) atoms. The molecule has 1 aliphatic heterocycles. The minimum Gasteiger partial charge on any atom is -0.496 e. The molecule has 0 saturated carbocycles. The number of piperidine rings is 1. The van der Waals surface area contributed by atoms with Crippen molar-refractivity contribution in [2.75, 3.05) is 33.9 Å². The third kappa shape index (κ3) is 5.03. The zero-order valence-corrected chi connectivity index (χ0v) is 15.7. The van der Waals surface area contributed by atoms with Crippen molar-refractivity contribution in [3.63, 3.8) is 0 Å². The zero-order chi connectivity index (χ0) is 18.9. The lowest BCUT2D eigenvalue weighted by atomic mass is 10.0. The second-order valence-electron chi connectivity index (χ2n) is 6.24. The number of unbranched alkanes of at least 4 members (excludes halogenated alkanes) is 1. The van der Waals surface area contributed by atoms with Gasteiger partial charge < -0.3 is 24.4 Å². The van der Waals surface area contributed by atoms with Crippen LogP contribution in [0.2, 0.25) is 0 Å². The van der Waals surface area contributed by atoms with E-state index in [4.69, 9.17) is 14.2 Å². The van der Waals surface area contributed by atoms with E-state index in [0.717, 1.165) is 12.8 Å². The first-order valence-electron chi connectivity index (χ1n) is 9.04. The Hall–Kier alpha value is -2.44. The molecular formula is C19H28N2O5. The van der Waals surface area contributed by atoms with Crippen LogP contribution in [0.25, 0.3) is 0 Å². The van der Waals surface area contributed by atoms with E-state index in [1.54, 1.807) is 23.1 Å². The van der Waals surface area contributed by atoms with Crippen molar-refractivity contribution in [2.45, 2.75) is 38.6 Å². The van der Waals surface area contributed by atoms with Crippen LogP contribution < -0.4 is 14.8 Å². The third-order valence-electron chi connectivity index (χ3n) is 4.47. The van der Waals surface area contributed by atoms with Gasteiger partial charge >= 0.3 is 6.09 Å². The van der Waals surface area contributed by atoms with Gasteiger partial charge in [-0.2, -0.15) is 0 Å². The molecule has 2 rings (SSSR count). The number of rotatable bonds is 7. The van der Waals surface area contributed by atoms with Crippen molar-refractivity contribution in [2.24, 2.45) is 0 Å². The number of carbonyl (C=O) groups excluding carboxylic acids is 2. The number of amides is 2. The summed E-state index contributed by atoms with van der Waals surface area (Å²) in [6.07, 6.45) is 2.97. The fraction of sp³-hybridized carbons (Fsp3) is 0.579. The summed E-state index contributed by atoms with van der Waals surface area (Å²) in [6.45, 7) is 3.65. The number of hydrogen-bond donors (Lipinski definition) is 1. The number of benzene rings is 1. The van der Waals surface area contributed by atoms with E-state index in [1.165, 1.54) is 14.2 Å². The molecule has 7 heteroatoms. The highest BCUT2D eigenvalue weighted by Gasteiger charge is 2.26. The SMILES string of the molecule is CCCCOC(=O)N1CCC(NC(=O)c2c(OC)cccc2OC)CC1. The van der Waals surface area contributed by atoms with Crippen molar-refractivity contribution in [3.8, 4) is 11.5 Å². The number of hydrogen-bond acceptors (Lipinski definition) is 5. The van der Waals surface area contributed by atoms with Crippen LogP contribution in [0.15, 0.2) is 18.2 Å². The zero-order valence-electron chi connectivity index (χ0n) is 15.7. The van der Waals surface area contributed by atoms with E-state index in [9.17, 15) is 9.59 Å². The van der Waals surface area contributed by atoms with Gasteiger partial charge in [0.2, 0.25) is 0 Å². The molecular weight excluding hydrogens is 336 g/mol. The highest BCUT2D eigenvalue weighted by atomic mass is 16.6. The van der Waals surface area contributed by atoms with Gasteiger partial charge in [0.1, 0.15) is 17.1 Å². The molecule has 1 aromatic rings. The molecule has 1 aromatic carbocycles. The molecule has 1 saturated heterocycles. The summed E-state index contributed by atoms with van der Waals surface area (Å²) in [6, 6.07) is 5.23. The smallest absolute Gasteiger partial charge is 0.409 e. The van der Waals surface area contributed by atoms with Crippen molar-refractivity contribution >= 4 is 12.0 Å². The summed E-state index contributed by atoms with van der Waals surface area (Å²) >= 11 is 0. The summed E-state index contributed by atoms with van der Waals surface area (Å²) < 4.78 is 15.8. The number of ether oxygens (including phenoxy) is 3.